The molecule has 1 aromatic heterocycles. The fourth-order valence-electron chi connectivity index (χ4n) is 1.35. The van der Waals surface area contributed by atoms with Crippen LogP contribution in [0.4, 0.5) is 5.13 Å². The molecule has 1 amide bonds. The average Bonchev–Trinajstić information content (AvgIpc) is 2.81. The first-order valence-electron chi connectivity index (χ1n) is 6.11. The van der Waals surface area contributed by atoms with Crippen molar-refractivity contribution in [3.8, 4) is 0 Å². The highest BCUT2D eigenvalue weighted by Crippen LogP contribution is 2.16. The summed E-state index contributed by atoms with van der Waals surface area (Å²) in [5, 5.41) is 15.8. The Morgan fingerprint density at radius 2 is 2.22 bits per heavy atom. The quantitative estimate of drug-likeness (QED) is 0.736. The second-order valence-electron chi connectivity index (χ2n) is 4.09. The minimum atomic E-state index is 0.0596. The maximum Gasteiger partial charge on any atom is 0.221 e. The summed E-state index contributed by atoms with van der Waals surface area (Å²) in [6.45, 7) is 4.47. The topological polar surface area (TPSA) is 70.2 Å². The zero-order chi connectivity index (χ0) is 13.4. The molecule has 6 nitrogen and oxygen atoms in total. The van der Waals surface area contributed by atoms with E-state index in [1.165, 1.54) is 0 Å². The van der Waals surface area contributed by atoms with Gasteiger partial charge in [0, 0.05) is 26.6 Å². The second kappa shape index (κ2) is 7.99. The van der Waals surface area contributed by atoms with Crippen LogP contribution in [0.1, 0.15) is 24.8 Å². The summed E-state index contributed by atoms with van der Waals surface area (Å²) in [6.07, 6.45) is 1.58. The molecule has 102 valence electrons. The summed E-state index contributed by atoms with van der Waals surface area (Å²) in [7, 11) is 3.63. The molecule has 0 unspecified atom stereocenters. The molecule has 1 rings (SSSR count). The summed E-state index contributed by atoms with van der Waals surface area (Å²) in [5.41, 5.74) is 0. The summed E-state index contributed by atoms with van der Waals surface area (Å²) >= 11 is 1.57. The molecular formula is C11H21N5OS. The number of rotatable bonds is 8. The molecule has 2 N–H and O–H groups in total. The van der Waals surface area contributed by atoms with E-state index in [4.69, 9.17) is 0 Å². The number of nitrogens with one attached hydrogen (secondary N) is 2. The van der Waals surface area contributed by atoms with Gasteiger partial charge in [-0.3, -0.25) is 9.69 Å². The Hall–Kier alpha value is -1.21. The molecular weight excluding hydrogens is 250 g/mol. The van der Waals surface area contributed by atoms with Crippen molar-refractivity contribution >= 4 is 22.4 Å². The predicted octanol–water partition coefficient (Wildman–Crippen LogP) is 0.928. The van der Waals surface area contributed by atoms with Crippen molar-refractivity contribution in [3.63, 3.8) is 0 Å². The molecule has 0 saturated heterocycles. The van der Waals surface area contributed by atoms with Gasteiger partial charge in [-0.2, -0.15) is 0 Å². The van der Waals surface area contributed by atoms with Crippen LogP contribution < -0.4 is 10.6 Å². The van der Waals surface area contributed by atoms with Gasteiger partial charge in [0.25, 0.3) is 0 Å². The number of hydrogen-bond acceptors (Lipinski definition) is 6. The van der Waals surface area contributed by atoms with Gasteiger partial charge in [-0.15, -0.1) is 10.2 Å². The van der Waals surface area contributed by atoms with Gasteiger partial charge in [-0.25, -0.2) is 0 Å². The molecule has 1 heterocycles. The highest BCUT2D eigenvalue weighted by molar-refractivity contribution is 7.15. The standard InChI is InChI=1S/C11H21N5OS/c1-4-6-13-11-15-14-10(18-11)8-16(3)7-5-9(17)12-2/h4-8H2,1-3H3,(H,12,17)(H,13,15). The number of anilines is 1. The first-order valence-corrected chi connectivity index (χ1v) is 6.92. The lowest BCUT2D eigenvalue weighted by Gasteiger charge is -2.13. The van der Waals surface area contributed by atoms with Crippen molar-refractivity contribution in [3.05, 3.63) is 5.01 Å². The van der Waals surface area contributed by atoms with Crippen LogP contribution in [0.3, 0.4) is 0 Å². The van der Waals surface area contributed by atoms with Crippen LogP contribution in [0, 0.1) is 0 Å². The molecule has 0 atom stereocenters. The molecule has 0 fully saturated rings. The van der Waals surface area contributed by atoms with E-state index >= 15 is 0 Å². The van der Waals surface area contributed by atoms with E-state index in [1.807, 2.05) is 7.05 Å². The lowest BCUT2D eigenvalue weighted by atomic mass is 10.4. The van der Waals surface area contributed by atoms with Crippen LogP contribution >= 0.6 is 11.3 Å². The maximum atomic E-state index is 11.1. The SMILES string of the molecule is CCCNc1nnc(CN(C)CCC(=O)NC)s1. The second-order valence-corrected chi connectivity index (χ2v) is 5.15. The van der Waals surface area contributed by atoms with Gasteiger partial charge in [0.15, 0.2) is 0 Å². The number of amides is 1. The number of aromatic nitrogens is 2. The van der Waals surface area contributed by atoms with Gasteiger partial charge < -0.3 is 10.6 Å². The Labute approximate surface area is 112 Å². The fourth-order valence-corrected chi connectivity index (χ4v) is 2.19. The minimum Gasteiger partial charge on any atom is -0.360 e. The Kier molecular flexibility index (Phi) is 6.59. The van der Waals surface area contributed by atoms with Crippen LogP contribution in [-0.2, 0) is 11.3 Å². The third-order valence-electron chi connectivity index (χ3n) is 2.40. The molecule has 0 bridgehead atoms. The molecule has 0 aromatic carbocycles. The maximum absolute atomic E-state index is 11.1. The van der Waals surface area contributed by atoms with Crippen molar-refractivity contribution < 1.29 is 4.79 Å². The van der Waals surface area contributed by atoms with E-state index < -0.39 is 0 Å². The zero-order valence-corrected chi connectivity index (χ0v) is 12.0. The highest BCUT2D eigenvalue weighted by atomic mass is 32.1. The molecule has 0 aliphatic carbocycles. The van der Waals surface area contributed by atoms with Gasteiger partial charge >= 0.3 is 0 Å². The number of carbonyl (C=O) groups excluding carboxylic acids is 1. The van der Waals surface area contributed by atoms with E-state index in [-0.39, 0.29) is 5.91 Å². The third-order valence-corrected chi connectivity index (χ3v) is 3.26. The van der Waals surface area contributed by atoms with E-state index in [2.05, 4.69) is 32.7 Å². The van der Waals surface area contributed by atoms with E-state index in [0.29, 0.717) is 6.42 Å². The normalized spacial score (nSPS) is 10.7. The van der Waals surface area contributed by atoms with Crippen molar-refractivity contribution in [1.29, 1.82) is 0 Å². The van der Waals surface area contributed by atoms with E-state index in [0.717, 1.165) is 36.2 Å². The molecule has 0 saturated carbocycles. The predicted molar refractivity (Wildman–Crippen MR) is 73.7 cm³/mol. The van der Waals surface area contributed by atoms with Crippen LogP contribution in [0.25, 0.3) is 0 Å². The summed E-state index contributed by atoms with van der Waals surface area (Å²) in [6, 6.07) is 0. The number of hydrogen-bond donors (Lipinski definition) is 2. The van der Waals surface area contributed by atoms with Crippen LogP contribution in [0.15, 0.2) is 0 Å². The van der Waals surface area contributed by atoms with Gasteiger partial charge in [0.1, 0.15) is 5.01 Å². The first-order chi connectivity index (χ1) is 8.65. The number of carbonyl (C=O) groups is 1. The Bertz CT molecular complexity index is 368. The molecule has 7 heteroatoms. The molecule has 0 radical (unpaired) electrons. The minimum absolute atomic E-state index is 0.0596. The van der Waals surface area contributed by atoms with Crippen LogP contribution in [-0.4, -0.2) is 48.2 Å². The Balaban J connectivity index is 2.32. The van der Waals surface area contributed by atoms with Crippen molar-refractivity contribution in [2.75, 3.05) is 32.5 Å². The largest absolute Gasteiger partial charge is 0.360 e. The average molecular weight is 271 g/mol. The van der Waals surface area contributed by atoms with Crippen LogP contribution in [0.2, 0.25) is 0 Å². The summed E-state index contributed by atoms with van der Waals surface area (Å²) in [4.78, 5) is 13.2. The molecule has 0 aliphatic rings. The van der Waals surface area contributed by atoms with E-state index in [9.17, 15) is 4.79 Å². The lowest BCUT2D eigenvalue weighted by molar-refractivity contribution is -0.120. The first kappa shape index (κ1) is 14.8. The smallest absolute Gasteiger partial charge is 0.221 e. The molecule has 1 aromatic rings. The monoisotopic (exact) mass is 271 g/mol. The van der Waals surface area contributed by atoms with Crippen molar-refractivity contribution in [1.82, 2.24) is 20.4 Å². The van der Waals surface area contributed by atoms with Gasteiger partial charge in [-0.05, 0) is 13.5 Å². The lowest BCUT2D eigenvalue weighted by Crippen LogP contribution is -2.26. The summed E-state index contributed by atoms with van der Waals surface area (Å²) < 4.78 is 0. The molecule has 0 spiro atoms. The summed E-state index contributed by atoms with van der Waals surface area (Å²) in [5.74, 6) is 0.0596. The Morgan fingerprint density at radius 3 is 2.89 bits per heavy atom. The van der Waals surface area contributed by atoms with E-state index in [1.54, 1.807) is 18.4 Å². The van der Waals surface area contributed by atoms with Gasteiger partial charge in [-0.1, -0.05) is 18.3 Å². The van der Waals surface area contributed by atoms with Crippen LogP contribution in [0.5, 0.6) is 0 Å². The van der Waals surface area contributed by atoms with Crippen molar-refractivity contribution in [2.24, 2.45) is 0 Å². The third kappa shape index (κ3) is 5.42. The Morgan fingerprint density at radius 1 is 1.44 bits per heavy atom. The van der Waals surface area contributed by atoms with Gasteiger partial charge in [0.2, 0.25) is 11.0 Å². The highest BCUT2D eigenvalue weighted by Gasteiger charge is 2.08. The van der Waals surface area contributed by atoms with Gasteiger partial charge in [0.05, 0.1) is 6.54 Å². The zero-order valence-electron chi connectivity index (χ0n) is 11.2. The van der Waals surface area contributed by atoms with Crippen molar-refractivity contribution in [2.45, 2.75) is 26.3 Å². The fraction of sp³-hybridized carbons (Fsp3) is 0.727. The number of nitrogens with zero attached hydrogens (tertiary/aromatic N) is 3. The molecule has 0 aliphatic heterocycles. The molecule has 18 heavy (non-hydrogen) atoms.